The van der Waals surface area contributed by atoms with E-state index in [1.54, 1.807) is 12.4 Å². The molecule has 2 rings (SSSR count). The van der Waals surface area contributed by atoms with Crippen molar-refractivity contribution in [3.63, 3.8) is 0 Å². The van der Waals surface area contributed by atoms with Crippen LogP contribution in [0.1, 0.15) is 17.4 Å². The molecule has 1 saturated heterocycles. The van der Waals surface area contributed by atoms with E-state index in [1.165, 1.54) is 0 Å². The minimum atomic E-state index is -0.299. The Morgan fingerprint density at radius 2 is 2.50 bits per heavy atom. The fourth-order valence-electron chi connectivity index (χ4n) is 1.42. The Morgan fingerprint density at radius 1 is 1.64 bits per heavy atom. The van der Waals surface area contributed by atoms with Gasteiger partial charge >= 0.3 is 0 Å². The molecule has 1 fully saturated rings. The number of nitrogens with zero attached hydrogens (tertiary/aromatic N) is 1. The maximum atomic E-state index is 5.68. The summed E-state index contributed by atoms with van der Waals surface area (Å²) >= 11 is 5.68. The number of alkyl halides is 1. The lowest BCUT2D eigenvalue weighted by atomic mass is 10.1. The molecule has 1 aliphatic rings. The zero-order chi connectivity index (χ0) is 9.97. The fourth-order valence-corrected chi connectivity index (χ4v) is 1.58. The van der Waals surface area contributed by atoms with Crippen LogP contribution in [0.4, 0.5) is 0 Å². The molecule has 0 aliphatic carbocycles. The second-order valence-corrected chi connectivity index (χ2v) is 3.62. The van der Waals surface area contributed by atoms with Crippen LogP contribution in [-0.4, -0.2) is 23.6 Å². The Hall–Kier alpha value is -0.640. The molecular formula is C10H12ClNO2. The quantitative estimate of drug-likeness (QED) is 0.705. The Labute approximate surface area is 88.0 Å². The van der Waals surface area contributed by atoms with Gasteiger partial charge in [0.25, 0.3) is 0 Å². The number of ether oxygens (including phenoxy) is 2. The van der Waals surface area contributed by atoms with Crippen molar-refractivity contribution in [2.75, 3.05) is 12.5 Å². The molecule has 4 heteroatoms. The van der Waals surface area contributed by atoms with Crippen LogP contribution in [0.3, 0.4) is 0 Å². The predicted molar refractivity (Wildman–Crippen MR) is 53.3 cm³/mol. The summed E-state index contributed by atoms with van der Waals surface area (Å²) in [6.07, 6.45) is 3.23. The van der Waals surface area contributed by atoms with E-state index in [0.29, 0.717) is 12.5 Å². The second-order valence-electron chi connectivity index (χ2n) is 3.31. The van der Waals surface area contributed by atoms with E-state index in [2.05, 4.69) is 4.98 Å². The lowest BCUT2D eigenvalue weighted by molar-refractivity contribution is -0.0573. The van der Waals surface area contributed by atoms with E-state index in [1.807, 2.05) is 13.0 Å². The van der Waals surface area contributed by atoms with Gasteiger partial charge in [-0.05, 0) is 18.6 Å². The fraction of sp³-hybridized carbons (Fsp3) is 0.500. The van der Waals surface area contributed by atoms with Gasteiger partial charge in [-0.3, -0.25) is 4.98 Å². The number of halogens is 1. The van der Waals surface area contributed by atoms with Crippen molar-refractivity contribution < 1.29 is 9.47 Å². The van der Waals surface area contributed by atoms with Gasteiger partial charge in [-0.25, -0.2) is 0 Å². The molecule has 2 unspecified atom stereocenters. The summed E-state index contributed by atoms with van der Waals surface area (Å²) in [7, 11) is 0. The highest BCUT2D eigenvalue weighted by atomic mass is 35.5. The van der Waals surface area contributed by atoms with E-state index in [9.17, 15) is 0 Å². The van der Waals surface area contributed by atoms with Crippen LogP contribution in [0.25, 0.3) is 0 Å². The normalized spacial score (nSPS) is 26.7. The summed E-state index contributed by atoms with van der Waals surface area (Å²) in [5, 5.41) is 0. The predicted octanol–water partition coefficient (Wildman–Crippen LogP) is 2.04. The Balaban J connectivity index is 2.13. The highest BCUT2D eigenvalue weighted by Crippen LogP contribution is 2.28. The number of pyridine rings is 1. The molecular weight excluding hydrogens is 202 g/mol. The molecule has 0 amide bonds. The maximum Gasteiger partial charge on any atom is 0.186 e. The third-order valence-electron chi connectivity index (χ3n) is 2.26. The first-order valence-electron chi connectivity index (χ1n) is 4.55. The number of aryl methyl sites for hydroxylation is 1. The molecule has 0 spiro atoms. The summed E-state index contributed by atoms with van der Waals surface area (Å²) < 4.78 is 11.1. The minimum absolute atomic E-state index is 0.00118. The van der Waals surface area contributed by atoms with Gasteiger partial charge in [-0.1, -0.05) is 0 Å². The van der Waals surface area contributed by atoms with Crippen molar-refractivity contribution >= 4 is 11.6 Å². The van der Waals surface area contributed by atoms with Crippen LogP contribution in [0.15, 0.2) is 18.5 Å². The van der Waals surface area contributed by atoms with Gasteiger partial charge in [0.1, 0.15) is 0 Å². The van der Waals surface area contributed by atoms with E-state index >= 15 is 0 Å². The standard InChI is InChI=1S/C10H12ClNO2/c1-7-2-3-12-5-9(7)10-13-6-8(4-11)14-10/h2-3,5,8,10H,4,6H2,1H3. The molecule has 0 bridgehead atoms. The highest BCUT2D eigenvalue weighted by Gasteiger charge is 2.27. The summed E-state index contributed by atoms with van der Waals surface area (Å²) in [6, 6.07) is 1.94. The van der Waals surface area contributed by atoms with E-state index in [0.717, 1.165) is 11.1 Å². The van der Waals surface area contributed by atoms with Crippen molar-refractivity contribution in [3.8, 4) is 0 Å². The van der Waals surface area contributed by atoms with Crippen molar-refractivity contribution in [1.29, 1.82) is 0 Å². The molecule has 1 aromatic heterocycles. The SMILES string of the molecule is Cc1ccncc1C1OCC(CCl)O1. The molecule has 0 saturated carbocycles. The topological polar surface area (TPSA) is 31.4 Å². The molecule has 0 aromatic carbocycles. The molecule has 1 aliphatic heterocycles. The van der Waals surface area contributed by atoms with Gasteiger partial charge in [0.05, 0.1) is 18.6 Å². The first kappa shape index (κ1) is 9.90. The molecule has 1 aromatic rings. The first-order valence-corrected chi connectivity index (χ1v) is 5.08. The van der Waals surface area contributed by atoms with Gasteiger partial charge in [0.15, 0.2) is 6.29 Å². The number of rotatable bonds is 2. The van der Waals surface area contributed by atoms with Crippen LogP contribution in [0.5, 0.6) is 0 Å². The van der Waals surface area contributed by atoms with Crippen molar-refractivity contribution in [3.05, 3.63) is 29.6 Å². The molecule has 0 N–H and O–H groups in total. The molecule has 14 heavy (non-hydrogen) atoms. The Kier molecular flexibility index (Phi) is 3.01. The van der Waals surface area contributed by atoms with Crippen LogP contribution in [-0.2, 0) is 9.47 Å². The summed E-state index contributed by atoms with van der Waals surface area (Å²) in [5.74, 6) is 0.468. The summed E-state index contributed by atoms with van der Waals surface area (Å²) in [5.41, 5.74) is 2.11. The molecule has 76 valence electrons. The number of aromatic nitrogens is 1. The van der Waals surface area contributed by atoms with Gasteiger partial charge in [-0.2, -0.15) is 0 Å². The second kappa shape index (κ2) is 4.26. The van der Waals surface area contributed by atoms with Crippen molar-refractivity contribution in [2.45, 2.75) is 19.3 Å². The third-order valence-corrected chi connectivity index (χ3v) is 2.60. The summed E-state index contributed by atoms with van der Waals surface area (Å²) in [6.45, 7) is 2.57. The lowest BCUT2D eigenvalue weighted by Gasteiger charge is -2.12. The Morgan fingerprint density at radius 3 is 3.14 bits per heavy atom. The zero-order valence-electron chi connectivity index (χ0n) is 7.94. The van der Waals surface area contributed by atoms with E-state index in [4.69, 9.17) is 21.1 Å². The third kappa shape index (κ3) is 1.90. The van der Waals surface area contributed by atoms with Crippen LogP contribution < -0.4 is 0 Å². The highest BCUT2D eigenvalue weighted by molar-refractivity contribution is 6.18. The van der Waals surface area contributed by atoms with Crippen molar-refractivity contribution in [2.24, 2.45) is 0 Å². The molecule has 3 nitrogen and oxygen atoms in total. The van der Waals surface area contributed by atoms with Crippen LogP contribution in [0, 0.1) is 6.92 Å². The lowest BCUT2D eigenvalue weighted by Crippen LogP contribution is -2.11. The Bertz CT molecular complexity index is 319. The average molecular weight is 214 g/mol. The average Bonchev–Trinajstić information content (AvgIpc) is 2.67. The monoisotopic (exact) mass is 213 g/mol. The largest absolute Gasteiger partial charge is 0.346 e. The zero-order valence-corrected chi connectivity index (χ0v) is 8.70. The van der Waals surface area contributed by atoms with Gasteiger partial charge in [0.2, 0.25) is 0 Å². The van der Waals surface area contributed by atoms with E-state index < -0.39 is 0 Å². The molecule has 0 radical (unpaired) electrons. The maximum absolute atomic E-state index is 5.68. The van der Waals surface area contributed by atoms with Crippen LogP contribution >= 0.6 is 11.6 Å². The molecule has 2 heterocycles. The van der Waals surface area contributed by atoms with E-state index in [-0.39, 0.29) is 12.4 Å². The van der Waals surface area contributed by atoms with Gasteiger partial charge < -0.3 is 9.47 Å². The number of hydrogen-bond donors (Lipinski definition) is 0. The van der Waals surface area contributed by atoms with Gasteiger partial charge in [0, 0.05) is 18.0 Å². The summed E-state index contributed by atoms with van der Waals surface area (Å²) in [4.78, 5) is 4.05. The first-order chi connectivity index (χ1) is 6.81. The smallest absolute Gasteiger partial charge is 0.186 e. The van der Waals surface area contributed by atoms with Crippen LogP contribution in [0.2, 0.25) is 0 Å². The number of hydrogen-bond acceptors (Lipinski definition) is 3. The van der Waals surface area contributed by atoms with Gasteiger partial charge in [-0.15, -0.1) is 11.6 Å². The minimum Gasteiger partial charge on any atom is -0.346 e. The van der Waals surface area contributed by atoms with Crippen molar-refractivity contribution in [1.82, 2.24) is 4.98 Å². The molecule has 2 atom stereocenters.